The van der Waals surface area contributed by atoms with Crippen LogP contribution in [0.5, 0.6) is 34.5 Å². The zero-order chi connectivity index (χ0) is 34.3. The van der Waals surface area contributed by atoms with E-state index in [1.807, 2.05) is 24.3 Å². The number of ether oxygens (including phenoxy) is 4. The highest BCUT2D eigenvalue weighted by molar-refractivity contribution is 5.57. The van der Waals surface area contributed by atoms with Gasteiger partial charge in [0, 0.05) is 0 Å². The summed E-state index contributed by atoms with van der Waals surface area (Å²) >= 11 is 0. The van der Waals surface area contributed by atoms with Crippen molar-refractivity contribution in [1.82, 2.24) is 0 Å². The predicted molar refractivity (Wildman–Crippen MR) is 167 cm³/mol. The van der Waals surface area contributed by atoms with Gasteiger partial charge in [-0.1, -0.05) is 0 Å². The summed E-state index contributed by atoms with van der Waals surface area (Å²) in [6.07, 6.45) is 6.80. The van der Waals surface area contributed by atoms with Crippen LogP contribution in [0.4, 0.5) is 17.1 Å². The first kappa shape index (κ1) is 33.0. The average molecular weight is 654 g/mol. The first-order chi connectivity index (χ1) is 22.3. The van der Waals surface area contributed by atoms with Crippen molar-refractivity contribution in [3.8, 4) is 34.5 Å². The number of nitro benzene ring substituents is 3. The minimum absolute atomic E-state index is 0.00327. The molecule has 0 aromatic heterocycles. The van der Waals surface area contributed by atoms with Gasteiger partial charge in [-0.3, -0.25) is 30.3 Å². The number of phenols is 2. The summed E-state index contributed by atoms with van der Waals surface area (Å²) in [4.78, 5) is 28.1. The summed E-state index contributed by atoms with van der Waals surface area (Å²) in [5.41, 5.74) is 0.302. The molecule has 0 saturated heterocycles. The molecule has 0 heterocycles. The molecule has 0 unspecified atom stereocenters. The molecule has 0 amide bonds. The van der Waals surface area contributed by atoms with Crippen LogP contribution in [0.15, 0.2) is 42.5 Å². The molecule has 2 N–H and O–H groups in total. The van der Waals surface area contributed by atoms with Crippen LogP contribution >= 0.6 is 0 Å². The first-order valence-electron chi connectivity index (χ1n) is 14.8. The normalized spacial score (nSPS) is 23.7. The van der Waals surface area contributed by atoms with Gasteiger partial charge in [0.1, 0.15) is 0 Å². The van der Waals surface area contributed by atoms with E-state index in [1.165, 1.54) is 17.5 Å². The van der Waals surface area contributed by atoms with Crippen LogP contribution < -0.4 is 18.9 Å². The molecule has 4 fully saturated rings. The smallest absolute Gasteiger partial charge is 0.283 e. The number of nitrogens with zero attached hydrogens (tertiary/aromatic N) is 3. The van der Waals surface area contributed by atoms with Crippen LogP contribution in [0, 0.1) is 42.2 Å². The summed E-state index contributed by atoms with van der Waals surface area (Å²) in [6, 6.07) is 9.97. The summed E-state index contributed by atoms with van der Waals surface area (Å²) < 4.78 is 21.9. The van der Waals surface area contributed by atoms with E-state index < -0.39 is 31.8 Å². The molecule has 4 bridgehead atoms. The summed E-state index contributed by atoms with van der Waals surface area (Å²) in [6.45, 7) is 0. The zero-order valence-corrected chi connectivity index (χ0v) is 26.3. The van der Waals surface area contributed by atoms with Crippen LogP contribution in [0.3, 0.4) is 0 Å². The second kappa shape index (κ2) is 12.5. The van der Waals surface area contributed by atoms with Crippen molar-refractivity contribution in [2.24, 2.45) is 11.8 Å². The van der Waals surface area contributed by atoms with Crippen LogP contribution in [0.25, 0.3) is 0 Å². The maximum atomic E-state index is 10.5. The second-order valence-corrected chi connectivity index (χ2v) is 12.5. The number of benzene rings is 3. The van der Waals surface area contributed by atoms with E-state index in [0.29, 0.717) is 53.0 Å². The van der Waals surface area contributed by atoms with E-state index in [4.69, 9.17) is 18.9 Å². The Morgan fingerprint density at radius 3 is 1.09 bits per heavy atom. The Morgan fingerprint density at radius 2 is 0.851 bits per heavy atom. The molecule has 4 aliphatic rings. The molecule has 0 aliphatic heterocycles. The Balaban J connectivity index is 0.000000244. The molecule has 47 heavy (non-hydrogen) atoms. The fourth-order valence-electron chi connectivity index (χ4n) is 8.23. The fourth-order valence-corrected chi connectivity index (χ4v) is 8.23. The average Bonchev–Trinajstić information content (AvgIpc) is 3.04. The molecule has 0 atom stereocenters. The Bertz CT molecular complexity index is 1520. The highest BCUT2D eigenvalue weighted by atomic mass is 16.6. The molecule has 15 nitrogen and oxygen atoms in total. The van der Waals surface area contributed by atoms with E-state index in [2.05, 4.69) is 0 Å². The number of aromatic hydroxyl groups is 2. The highest BCUT2D eigenvalue weighted by Gasteiger charge is 2.59. The molecule has 250 valence electrons. The van der Waals surface area contributed by atoms with Gasteiger partial charge in [-0.05, 0) is 96.6 Å². The minimum Gasteiger partial charge on any atom is -0.502 e. The number of hydrogen-bond donors (Lipinski definition) is 2. The van der Waals surface area contributed by atoms with E-state index in [0.717, 1.165) is 32.1 Å². The standard InChI is InChI=1S/C26H32O6.C6H3N3O6/c1-29-19-6-17(7-20(30-2)23(19)27)25-10-15-5-16(11-25)13-26(12-15,14-25)18-8-21(31-3)24(28)22(9-18)32-4;10-7(11)4-1-5(8(12)13)3-6(2-4)9(14)15/h6-9,15-16,27-28H,5,10-14H2,1-4H3;1-3H. The predicted octanol–water partition coefficient (Wildman–Crippen LogP) is 6.33. The van der Waals surface area contributed by atoms with E-state index in [9.17, 15) is 40.6 Å². The van der Waals surface area contributed by atoms with Crippen molar-refractivity contribution in [3.63, 3.8) is 0 Å². The molecule has 3 aromatic rings. The lowest BCUT2D eigenvalue weighted by Gasteiger charge is -2.62. The van der Waals surface area contributed by atoms with Crippen LogP contribution in [-0.2, 0) is 10.8 Å². The Hall–Kier alpha value is -5.34. The third-order valence-corrected chi connectivity index (χ3v) is 9.77. The summed E-state index contributed by atoms with van der Waals surface area (Å²) in [7, 11) is 6.31. The fraction of sp³-hybridized carbons (Fsp3) is 0.438. The number of methoxy groups -OCH3 is 4. The lowest BCUT2D eigenvalue weighted by molar-refractivity contribution is -0.403. The first-order valence-corrected chi connectivity index (χ1v) is 14.8. The van der Waals surface area contributed by atoms with Crippen molar-refractivity contribution >= 4 is 17.1 Å². The van der Waals surface area contributed by atoms with E-state index in [-0.39, 0.29) is 22.3 Å². The van der Waals surface area contributed by atoms with Crippen molar-refractivity contribution in [1.29, 1.82) is 0 Å². The van der Waals surface area contributed by atoms with Crippen molar-refractivity contribution in [2.75, 3.05) is 28.4 Å². The van der Waals surface area contributed by atoms with Gasteiger partial charge in [0.2, 0.25) is 11.5 Å². The quantitative estimate of drug-likeness (QED) is 0.192. The van der Waals surface area contributed by atoms with Gasteiger partial charge >= 0.3 is 0 Å². The lowest BCUT2D eigenvalue weighted by atomic mass is 9.41. The zero-order valence-electron chi connectivity index (χ0n) is 26.3. The molecule has 15 heteroatoms. The van der Waals surface area contributed by atoms with Crippen LogP contribution in [-0.4, -0.2) is 53.4 Å². The molecule has 0 radical (unpaired) electrons. The highest BCUT2D eigenvalue weighted by Crippen LogP contribution is 2.67. The molecule has 4 aliphatic carbocycles. The number of nitro groups is 3. The summed E-state index contributed by atoms with van der Waals surface area (Å²) in [5, 5.41) is 51.9. The van der Waals surface area contributed by atoms with Gasteiger partial charge < -0.3 is 29.2 Å². The van der Waals surface area contributed by atoms with Crippen LogP contribution in [0.1, 0.15) is 49.7 Å². The third-order valence-electron chi connectivity index (χ3n) is 9.77. The van der Waals surface area contributed by atoms with Gasteiger partial charge in [-0.25, -0.2) is 0 Å². The summed E-state index contributed by atoms with van der Waals surface area (Å²) in [5.74, 6) is 3.18. The maximum Gasteiger partial charge on any atom is 0.283 e. The monoisotopic (exact) mass is 653 g/mol. The second-order valence-electron chi connectivity index (χ2n) is 12.5. The molecule has 7 rings (SSSR count). The van der Waals surface area contributed by atoms with Gasteiger partial charge in [0.05, 0.1) is 61.4 Å². The van der Waals surface area contributed by atoms with Crippen molar-refractivity contribution < 1.29 is 43.9 Å². The van der Waals surface area contributed by atoms with E-state index >= 15 is 0 Å². The lowest BCUT2D eigenvalue weighted by Crippen LogP contribution is -2.55. The van der Waals surface area contributed by atoms with Crippen molar-refractivity contribution in [3.05, 3.63) is 83.9 Å². The van der Waals surface area contributed by atoms with Crippen molar-refractivity contribution in [2.45, 2.75) is 49.4 Å². The minimum atomic E-state index is -0.931. The number of non-ortho nitro benzene ring substituents is 3. The SMILES string of the molecule is COc1cc(C23CC4CC(C2)CC(c2cc(OC)c(O)c(OC)c2)(C4)C3)cc(OC)c1O.O=[N+]([O-])c1cc([N+](=O)[O-])cc([N+](=O)[O-])c1. The molecule has 3 aromatic carbocycles. The number of hydrogen-bond acceptors (Lipinski definition) is 12. The Morgan fingerprint density at radius 1 is 0.574 bits per heavy atom. The molecule has 0 spiro atoms. The van der Waals surface area contributed by atoms with Gasteiger partial charge in [0.15, 0.2) is 23.0 Å². The molecular formula is C32H35N3O12. The third kappa shape index (κ3) is 6.00. The van der Waals surface area contributed by atoms with Gasteiger partial charge in [0.25, 0.3) is 17.1 Å². The van der Waals surface area contributed by atoms with Crippen LogP contribution in [0.2, 0.25) is 0 Å². The largest absolute Gasteiger partial charge is 0.502 e. The Kier molecular flexibility index (Phi) is 8.75. The van der Waals surface area contributed by atoms with E-state index in [1.54, 1.807) is 28.4 Å². The topological polar surface area (TPSA) is 207 Å². The number of rotatable bonds is 9. The molecular weight excluding hydrogens is 618 g/mol. The number of phenolic OH excluding ortho intramolecular Hbond substituents is 2. The molecule has 4 saturated carbocycles. The van der Waals surface area contributed by atoms with Gasteiger partial charge in [-0.15, -0.1) is 0 Å². The van der Waals surface area contributed by atoms with Gasteiger partial charge in [-0.2, -0.15) is 0 Å². The maximum absolute atomic E-state index is 10.5. The Labute approximate surface area is 269 Å².